The van der Waals surface area contributed by atoms with E-state index in [0.717, 1.165) is 12.8 Å². The van der Waals surface area contributed by atoms with Crippen LogP contribution in [-0.4, -0.2) is 36.9 Å². The van der Waals surface area contributed by atoms with Crippen molar-refractivity contribution >= 4 is 5.78 Å². The van der Waals surface area contributed by atoms with Crippen LogP contribution in [0.3, 0.4) is 0 Å². The van der Waals surface area contributed by atoms with E-state index < -0.39 is 0 Å². The normalized spacial score (nSPS) is 22.0. The molecule has 0 aromatic heterocycles. The van der Waals surface area contributed by atoms with E-state index in [1.54, 1.807) is 0 Å². The van der Waals surface area contributed by atoms with Crippen LogP contribution in [0.2, 0.25) is 0 Å². The Kier molecular flexibility index (Phi) is 12.0. The Labute approximate surface area is 179 Å². The maximum absolute atomic E-state index is 12.3. The van der Waals surface area contributed by atoms with E-state index >= 15 is 0 Å². The highest BCUT2D eigenvalue weighted by molar-refractivity contribution is 5.95. The fourth-order valence-corrected chi connectivity index (χ4v) is 4.36. The lowest BCUT2D eigenvalue weighted by molar-refractivity contribution is -0.914. The number of ketones is 1. The molecule has 0 N–H and O–H groups in total. The molecule has 0 aromatic rings. The molecule has 1 fully saturated rings. The van der Waals surface area contributed by atoms with Gasteiger partial charge in [-0.15, -0.1) is 0 Å². The van der Waals surface area contributed by atoms with E-state index in [0.29, 0.717) is 5.78 Å². The molecule has 0 amide bonds. The summed E-state index contributed by atoms with van der Waals surface area (Å²) in [7, 11) is 2.44. The molecule has 2 nitrogen and oxygen atoms in total. The van der Waals surface area contributed by atoms with Gasteiger partial charge < -0.3 is 28.5 Å². The molecule has 2 aliphatic rings. The van der Waals surface area contributed by atoms with Crippen LogP contribution in [0.4, 0.5) is 0 Å². The minimum absolute atomic E-state index is 0. The molecular formula is C23H40INO. The summed E-state index contributed by atoms with van der Waals surface area (Å²) < 4.78 is 1.29. The van der Waals surface area contributed by atoms with Gasteiger partial charge in [0.15, 0.2) is 5.78 Å². The van der Waals surface area contributed by atoms with Gasteiger partial charge >= 0.3 is 0 Å². The molecule has 1 heterocycles. The van der Waals surface area contributed by atoms with Gasteiger partial charge in [0.25, 0.3) is 0 Å². The summed E-state index contributed by atoms with van der Waals surface area (Å²) in [6.07, 6.45) is 21.6. The summed E-state index contributed by atoms with van der Waals surface area (Å²) in [5.41, 5.74) is 1.26. The smallest absolute Gasteiger partial charge is 0.162 e. The maximum Gasteiger partial charge on any atom is 0.162 e. The average Bonchev–Trinajstić information content (AvgIpc) is 2.60. The number of piperidine rings is 1. The number of quaternary nitrogens is 1. The summed E-state index contributed by atoms with van der Waals surface area (Å²) in [4.78, 5) is 12.3. The largest absolute Gasteiger partial charge is 1.00 e. The second-order valence-electron chi connectivity index (χ2n) is 8.60. The van der Waals surface area contributed by atoms with E-state index in [4.69, 9.17) is 0 Å². The van der Waals surface area contributed by atoms with Gasteiger partial charge in [-0.05, 0) is 63.0 Å². The zero-order valence-electron chi connectivity index (χ0n) is 17.1. The van der Waals surface area contributed by atoms with Crippen molar-refractivity contribution in [2.24, 2.45) is 5.92 Å². The first kappa shape index (κ1) is 23.9. The van der Waals surface area contributed by atoms with Gasteiger partial charge in [0.2, 0.25) is 0 Å². The third kappa shape index (κ3) is 8.69. The molecule has 2 rings (SSSR count). The average molecular weight is 473 g/mol. The van der Waals surface area contributed by atoms with Gasteiger partial charge in [-0.1, -0.05) is 44.8 Å². The molecule has 1 aliphatic heterocycles. The zero-order chi connectivity index (χ0) is 18.0. The lowest BCUT2D eigenvalue weighted by Crippen LogP contribution is -3.00. The van der Waals surface area contributed by atoms with Crippen molar-refractivity contribution in [3.8, 4) is 0 Å². The quantitative estimate of drug-likeness (QED) is 0.256. The first-order chi connectivity index (χ1) is 12.1. The molecule has 0 aromatic carbocycles. The highest BCUT2D eigenvalue weighted by atomic mass is 127. The van der Waals surface area contributed by atoms with Crippen LogP contribution >= 0.6 is 0 Å². The highest BCUT2D eigenvalue weighted by Gasteiger charge is 2.23. The molecule has 1 atom stereocenters. The van der Waals surface area contributed by atoms with Crippen LogP contribution < -0.4 is 24.0 Å². The predicted molar refractivity (Wildman–Crippen MR) is 108 cm³/mol. The number of halogens is 1. The number of unbranched alkanes of at least 4 members (excludes halogenated alkanes) is 5. The van der Waals surface area contributed by atoms with Crippen molar-refractivity contribution in [2.75, 3.05) is 26.7 Å². The molecule has 26 heavy (non-hydrogen) atoms. The minimum Gasteiger partial charge on any atom is -1.00 e. The van der Waals surface area contributed by atoms with Gasteiger partial charge in [-0.25, -0.2) is 0 Å². The molecule has 0 bridgehead atoms. The van der Waals surface area contributed by atoms with Crippen molar-refractivity contribution in [1.82, 2.24) is 0 Å². The zero-order valence-corrected chi connectivity index (χ0v) is 19.3. The van der Waals surface area contributed by atoms with Crippen molar-refractivity contribution < 1.29 is 33.3 Å². The van der Waals surface area contributed by atoms with E-state index in [1.165, 1.54) is 93.9 Å². The van der Waals surface area contributed by atoms with Gasteiger partial charge in [0.05, 0.1) is 26.7 Å². The van der Waals surface area contributed by atoms with Crippen LogP contribution in [0.15, 0.2) is 23.8 Å². The number of allylic oxidation sites excluding steroid dienone is 4. The maximum atomic E-state index is 12.3. The fraction of sp³-hybridized carbons (Fsp3) is 0.783. The number of hydrogen-bond acceptors (Lipinski definition) is 1. The first-order valence-corrected chi connectivity index (χ1v) is 10.9. The van der Waals surface area contributed by atoms with Crippen molar-refractivity contribution in [3.63, 3.8) is 0 Å². The molecule has 1 aliphatic carbocycles. The van der Waals surface area contributed by atoms with Crippen molar-refractivity contribution in [1.29, 1.82) is 0 Å². The summed E-state index contributed by atoms with van der Waals surface area (Å²) >= 11 is 0. The molecule has 1 unspecified atom stereocenters. The Balaban J connectivity index is 0.00000338. The topological polar surface area (TPSA) is 17.1 Å². The SMILES string of the molecule is CCCCCCC1C=CC(CCCCC[N+]2(C)CCCCC2)=CC1=O.[I-]. The van der Waals surface area contributed by atoms with Crippen LogP contribution in [0.5, 0.6) is 0 Å². The summed E-state index contributed by atoms with van der Waals surface area (Å²) in [5, 5.41) is 0. The van der Waals surface area contributed by atoms with E-state index in [1.807, 2.05) is 6.08 Å². The predicted octanol–water partition coefficient (Wildman–Crippen LogP) is 2.83. The molecule has 0 radical (unpaired) electrons. The van der Waals surface area contributed by atoms with E-state index in [-0.39, 0.29) is 29.9 Å². The Hall–Kier alpha value is -0.160. The van der Waals surface area contributed by atoms with Gasteiger partial charge in [0, 0.05) is 5.92 Å². The van der Waals surface area contributed by atoms with E-state index in [9.17, 15) is 4.79 Å². The number of hydrogen-bond donors (Lipinski definition) is 0. The molecular weight excluding hydrogens is 433 g/mol. The van der Waals surface area contributed by atoms with Crippen molar-refractivity contribution in [2.45, 2.75) is 84.0 Å². The van der Waals surface area contributed by atoms with Crippen LogP contribution in [0.1, 0.15) is 84.0 Å². The molecule has 0 saturated carbocycles. The van der Waals surface area contributed by atoms with Crippen molar-refractivity contribution in [3.05, 3.63) is 23.8 Å². The number of rotatable bonds is 11. The Bertz CT molecular complexity index is 463. The van der Waals surface area contributed by atoms with Crippen LogP contribution in [-0.2, 0) is 4.79 Å². The Morgan fingerprint density at radius 2 is 1.73 bits per heavy atom. The molecule has 0 spiro atoms. The molecule has 150 valence electrons. The first-order valence-electron chi connectivity index (χ1n) is 10.9. The number of likely N-dealkylation sites (tertiary alicyclic amines) is 1. The summed E-state index contributed by atoms with van der Waals surface area (Å²) in [5.74, 6) is 0.504. The van der Waals surface area contributed by atoms with Gasteiger partial charge in [-0.3, -0.25) is 4.79 Å². The third-order valence-electron chi connectivity index (χ3n) is 6.16. The van der Waals surface area contributed by atoms with E-state index in [2.05, 4.69) is 26.1 Å². The third-order valence-corrected chi connectivity index (χ3v) is 6.16. The minimum atomic E-state index is 0. The van der Waals surface area contributed by atoms with Gasteiger partial charge in [0.1, 0.15) is 0 Å². The standard InChI is InChI=1S/C23H40NO.HI/c1-3-4-5-9-14-22-16-15-21(20-23(22)25)13-8-6-10-17-24(2)18-11-7-12-19-24;/h15-16,20,22H,3-14,17-19H2,1-2H3;1H/q+1;/p-1. The lowest BCUT2D eigenvalue weighted by atomic mass is 9.89. The lowest BCUT2D eigenvalue weighted by Gasteiger charge is -2.37. The second kappa shape index (κ2) is 13.1. The number of carbonyl (C=O) groups is 1. The summed E-state index contributed by atoms with van der Waals surface area (Å²) in [6, 6.07) is 0. The fourth-order valence-electron chi connectivity index (χ4n) is 4.36. The van der Waals surface area contributed by atoms with Crippen LogP contribution in [0.25, 0.3) is 0 Å². The molecule has 3 heteroatoms. The monoisotopic (exact) mass is 473 g/mol. The summed E-state index contributed by atoms with van der Waals surface area (Å²) in [6.45, 7) is 6.33. The van der Waals surface area contributed by atoms with Gasteiger partial charge in [-0.2, -0.15) is 0 Å². The second-order valence-corrected chi connectivity index (χ2v) is 8.60. The molecule has 1 saturated heterocycles. The number of nitrogens with zero attached hydrogens (tertiary/aromatic N) is 1. The number of carbonyl (C=O) groups excluding carboxylic acids is 1. The highest BCUT2D eigenvalue weighted by Crippen LogP contribution is 2.23. The van der Waals surface area contributed by atoms with Crippen LogP contribution in [0, 0.1) is 5.92 Å². The Morgan fingerprint density at radius 3 is 2.42 bits per heavy atom. The Morgan fingerprint density at radius 1 is 1.00 bits per heavy atom.